The van der Waals surface area contributed by atoms with Gasteiger partial charge in [0.15, 0.2) is 14.6 Å². The van der Waals surface area contributed by atoms with Gasteiger partial charge in [0, 0.05) is 17.8 Å². The number of benzene rings is 1. The molecule has 1 saturated heterocycles. The lowest BCUT2D eigenvalue weighted by Crippen LogP contribution is -2.57. The molecule has 2 heterocycles. The van der Waals surface area contributed by atoms with E-state index in [-0.39, 0.29) is 31.4 Å². The fraction of sp³-hybridized carbons (Fsp3) is 0.412. The molecule has 2 aromatic rings. The molecular weight excluding hydrogens is 397 g/mol. The monoisotopic (exact) mass is 419 g/mol. The highest BCUT2D eigenvalue weighted by molar-refractivity contribution is 7.92. The van der Waals surface area contributed by atoms with Crippen LogP contribution >= 0.6 is 24.8 Å². The summed E-state index contributed by atoms with van der Waals surface area (Å²) < 4.78 is 23.2. The number of rotatable bonds is 4. The fourth-order valence-corrected chi connectivity index (χ4v) is 4.60. The van der Waals surface area contributed by atoms with Crippen LogP contribution in [0, 0.1) is 0 Å². The summed E-state index contributed by atoms with van der Waals surface area (Å²) in [7, 11) is -3.51. The topological polar surface area (TPSA) is 88.2 Å². The molecule has 1 fully saturated rings. The van der Waals surface area contributed by atoms with Gasteiger partial charge in [-0.2, -0.15) is 0 Å². The van der Waals surface area contributed by atoms with Crippen molar-refractivity contribution in [1.29, 1.82) is 0 Å². The molecule has 0 aliphatic carbocycles. The molecule has 1 aliphatic rings. The van der Waals surface area contributed by atoms with E-state index in [2.05, 4.69) is 15.6 Å². The molecule has 0 bridgehead atoms. The van der Waals surface area contributed by atoms with E-state index in [0.29, 0.717) is 25.9 Å². The summed E-state index contributed by atoms with van der Waals surface area (Å²) in [4.78, 5) is 17.1. The number of nitrogens with one attached hydrogen (secondary N) is 2. The lowest BCUT2D eigenvalue weighted by molar-refractivity contribution is -0.124. The second kappa shape index (κ2) is 8.99. The van der Waals surface area contributed by atoms with Crippen LogP contribution in [-0.4, -0.2) is 43.4 Å². The van der Waals surface area contributed by atoms with E-state index < -0.39 is 20.5 Å². The Hall–Kier alpha value is -1.41. The van der Waals surface area contributed by atoms with Crippen molar-refractivity contribution in [2.24, 2.45) is 0 Å². The van der Waals surface area contributed by atoms with Crippen molar-refractivity contribution in [2.75, 3.05) is 19.3 Å². The summed E-state index contributed by atoms with van der Waals surface area (Å²) in [5.74, 6) is -0.429. The van der Waals surface area contributed by atoms with Crippen molar-refractivity contribution < 1.29 is 13.2 Å². The Labute approximate surface area is 165 Å². The van der Waals surface area contributed by atoms with Crippen molar-refractivity contribution in [3.05, 3.63) is 42.2 Å². The van der Waals surface area contributed by atoms with Crippen LogP contribution in [0.4, 0.5) is 0 Å². The maximum Gasteiger partial charge on any atom is 0.241 e. The van der Waals surface area contributed by atoms with E-state index >= 15 is 0 Å². The van der Waals surface area contributed by atoms with Gasteiger partial charge < -0.3 is 10.6 Å². The quantitative estimate of drug-likeness (QED) is 0.789. The van der Waals surface area contributed by atoms with Crippen LogP contribution < -0.4 is 10.6 Å². The van der Waals surface area contributed by atoms with Gasteiger partial charge >= 0.3 is 0 Å². The van der Waals surface area contributed by atoms with Crippen molar-refractivity contribution >= 4 is 51.3 Å². The number of carbonyl (C=O) groups is 1. The summed E-state index contributed by atoms with van der Waals surface area (Å²) >= 11 is 0. The van der Waals surface area contributed by atoms with Crippen LogP contribution in [0.15, 0.2) is 36.5 Å². The first-order valence-corrected chi connectivity index (χ1v) is 9.84. The molecule has 144 valence electrons. The number of halogens is 2. The molecule has 2 N–H and O–H groups in total. The maximum atomic E-state index is 12.7. The van der Waals surface area contributed by atoms with E-state index in [0.717, 1.165) is 22.7 Å². The van der Waals surface area contributed by atoms with Crippen LogP contribution in [0.5, 0.6) is 0 Å². The average molecular weight is 420 g/mol. The lowest BCUT2D eigenvalue weighted by Gasteiger charge is -2.34. The number of pyridine rings is 1. The number of aromatic nitrogens is 1. The highest BCUT2D eigenvalue weighted by Crippen LogP contribution is 2.28. The van der Waals surface area contributed by atoms with Gasteiger partial charge in [-0.05, 0) is 37.4 Å². The molecule has 0 radical (unpaired) electrons. The summed E-state index contributed by atoms with van der Waals surface area (Å²) in [5.41, 5.74) is 0.735. The number of piperidine rings is 1. The Bertz CT molecular complexity index is 863. The normalized spacial score (nSPS) is 16.2. The van der Waals surface area contributed by atoms with Crippen molar-refractivity contribution in [3.63, 3.8) is 0 Å². The summed E-state index contributed by atoms with van der Waals surface area (Å²) in [5, 5.41) is 7.90. The molecule has 0 atom stereocenters. The number of amides is 1. The first-order chi connectivity index (χ1) is 11.4. The molecular formula is C17H23Cl2N3O3S. The van der Waals surface area contributed by atoms with E-state index in [4.69, 9.17) is 0 Å². The summed E-state index contributed by atoms with van der Waals surface area (Å²) in [6.45, 7) is 1.25. The first-order valence-electron chi connectivity index (χ1n) is 7.95. The molecule has 0 unspecified atom stereocenters. The Morgan fingerprint density at radius 1 is 1.19 bits per heavy atom. The maximum absolute atomic E-state index is 12.7. The van der Waals surface area contributed by atoms with E-state index in [1.165, 1.54) is 0 Å². The second-order valence-electron chi connectivity index (χ2n) is 6.18. The first kappa shape index (κ1) is 22.6. The third kappa shape index (κ3) is 4.28. The number of fused-ring (bicyclic) bond motifs is 1. The predicted molar refractivity (Wildman–Crippen MR) is 108 cm³/mol. The molecule has 0 spiro atoms. The van der Waals surface area contributed by atoms with Gasteiger partial charge in [0.2, 0.25) is 5.91 Å². The smallest absolute Gasteiger partial charge is 0.241 e. The zero-order chi connectivity index (χ0) is 17.2. The van der Waals surface area contributed by atoms with Gasteiger partial charge in [-0.1, -0.05) is 24.3 Å². The molecule has 1 aromatic heterocycles. The van der Waals surface area contributed by atoms with Gasteiger partial charge in [-0.3, -0.25) is 9.78 Å². The second-order valence-corrected chi connectivity index (χ2v) is 8.50. The van der Waals surface area contributed by atoms with E-state index in [1.807, 2.05) is 30.3 Å². The zero-order valence-corrected chi connectivity index (χ0v) is 16.8. The Morgan fingerprint density at radius 2 is 1.85 bits per heavy atom. The zero-order valence-electron chi connectivity index (χ0n) is 14.4. The summed E-state index contributed by atoms with van der Waals surface area (Å²) in [6, 6.07) is 9.69. The Balaban J connectivity index is 0.00000169. The van der Waals surface area contributed by atoms with Crippen molar-refractivity contribution in [1.82, 2.24) is 15.6 Å². The van der Waals surface area contributed by atoms with Crippen molar-refractivity contribution in [3.8, 4) is 0 Å². The van der Waals surface area contributed by atoms with E-state index in [9.17, 15) is 13.2 Å². The average Bonchev–Trinajstić information content (AvgIpc) is 2.59. The molecule has 3 rings (SSSR count). The van der Waals surface area contributed by atoms with Crippen LogP contribution in [-0.2, 0) is 21.2 Å². The van der Waals surface area contributed by atoms with Crippen LogP contribution in [0.2, 0.25) is 0 Å². The number of nitrogens with zero attached hydrogens (tertiary/aromatic N) is 1. The summed E-state index contributed by atoms with van der Waals surface area (Å²) in [6.07, 6.45) is 3.43. The largest absolute Gasteiger partial charge is 0.349 e. The molecule has 1 aliphatic heterocycles. The van der Waals surface area contributed by atoms with Crippen LogP contribution in [0.25, 0.3) is 10.8 Å². The van der Waals surface area contributed by atoms with Crippen molar-refractivity contribution in [2.45, 2.75) is 24.1 Å². The minimum absolute atomic E-state index is 0. The fourth-order valence-electron chi connectivity index (χ4n) is 3.25. The van der Waals surface area contributed by atoms with Gasteiger partial charge in [0.25, 0.3) is 0 Å². The Morgan fingerprint density at radius 3 is 2.50 bits per heavy atom. The standard InChI is InChI=1S/C17H21N3O3S.2ClH/c1-24(22,23)17(7-10-18-11-8-17)16(21)20-12-15-14-5-3-2-4-13(14)6-9-19-15;;/h2-6,9,18H,7-8,10-12H2,1H3,(H,20,21);2*1H. The molecule has 9 heteroatoms. The van der Waals surface area contributed by atoms with Gasteiger partial charge in [0.05, 0.1) is 12.2 Å². The highest BCUT2D eigenvalue weighted by atomic mass is 35.5. The van der Waals surface area contributed by atoms with Gasteiger partial charge in [0.1, 0.15) is 0 Å². The molecule has 1 aromatic carbocycles. The SMILES string of the molecule is CS(=O)(=O)C1(C(=O)NCc2nccc3ccccc23)CCNCC1.Cl.Cl. The molecule has 1 amide bonds. The Kier molecular flexibility index (Phi) is 7.83. The number of sulfone groups is 1. The lowest BCUT2D eigenvalue weighted by atomic mass is 9.95. The van der Waals surface area contributed by atoms with E-state index in [1.54, 1.807) is 6.20 Å². The highest BCUT2D eigenvalue weighted by Gasteiger charge is 2.48. The molecule has 0 saturated carbocycles. The van der Waals surface area contributed by atoms with Crippen LogP contribution in [0.1, 0.15) is 18.5 Å². The molecule has 6 nitrogen and oxygen atoms in total. The third-order valence-corrected chi connectivity index (χ3v) is 6.72. The molecule has 26 heavy (non-hydrogen) atoms. The predicted octanol–water partition coefficient (Wildman–Crippen LogP) is 1.86. The number of carbonyl (C=O) groups excluding carboxylic acids is 1. The minimum atomic E-state index is -3.51. The van der Waals surface area contributed by atoms with Gasteiger partial charge in [-0.25, -0.2) is 8.42 Å². The minimum Gasteiger partial charge on any atom is -0.349 e. The third-order valence-electron chi connectivity index (χ3n) is 4.71. The number of hydrogen-bond acceptors (Lipinski definition) is 5. The number of hydrogen-bond donors (Lipinski definition) is 2. The van der Waals surface area contributed by atoms with Gasteiger partial charge in [-0.15, -0.1) is 24.8 Å². The van der Waals surface area contributed by atoms with Crippen LogP contribution in [0.3, 0.4) is 0 Å².